The van der Waals surface area contributed by atoms with Crippen LogP contribution in [0.3, 0.4) is 0 Å². The maximum Gasteiger partial charge on any atom is 0.573 e. The summed E-state index contributed by atoms with van der Waals surface area (Å²) in [4.78, 5) is 24.5. The highest BCUT2D eigenvalue weighted by Gasteiger charge is 2.31. The molecular weight excluding hydrogens is 413 g/mol. The number of hydrogen-bond acceptors (Lipinski definition) is 4. The van der Waals surface area contributed by atoms with E-state index in [1.807, 2.05) is 30.3 Å². The first kappa shape index (κ1) is 21.9. The number of H-pyrrole nitrogens is 1. The summed E-state index contributed by atoms with van der Waals surface area (Å²) in [5.74, 6) is -0.906. The second-order valence-electron chi connectivity index (χ2n) is 6.68. The van der Waals surface area contributed by atoms with Gasteiger partial charge in [-0.15, -0.1) is 13.2 Å². The van der Waals surface area contributed by atoms with Crippen molar-refractivity contribution in [2.75, 3.05) is 5.32 Å². The largest absolute Gasteiger partial charge is 0.573 e. The predicted octanol–water partition coefficient (Wildman–Crippen LogP) is 3.66. The molecule has 0 saturated carbocycles. The van der Waals surface area contributed by atoms with Crippen LogP contribution in [0.15, 0.2) is 60.7 Å². The van der Waals surface area contributed by atoms with Crippen molar-refractivity contribution >= 4 is 17.6 Å². The molecule has 0 bridgehead atoms. The molecular formula is C21H19F3N4O3. The summed E-state index contributed by atoms with van der Waals surface area (Å²) < 4.78 is 40.3. The van der Waals surface area contributed by atoms with Gasteiger partial charge in [0.1, 0.15) is 17.6 Å². The molecule has 2 amide bonds. The number of ether oxygens (including phenoxy) is 1. The van der Waals surface area contributed by atoms with E-state index in [1.165, 1.54) is 19.1 Å². The van der Waals surface area contributed by atoms with Crippen molar-refractivity contribution in [2.45, 2.75) is 25.7 Å². The number of anilines is 1. The number of benzene rings is 2. The molecule has 0 aliphatic heterocycles. The Hall–Kier alpha value is -3.82. The second kappa shape index (κ2) is 9.33. The second-order valence-corrected chi connectivity index (χ2v) is 6.68. The summed E-state index contributed by atoms with van der Waals surface area (Å²) in [5.41, 5.74) is 2.01. The molecule has 1 unspecified atom stereocenters. The van der Waals surface area contributed by atoms with E-state index in [4.69, 9.17) is 0 Å². The lowest BCUT2D eigenvalue weighted by molar-refractivity contribution is -0.274. The molecule has 3 rings (SSSR count). The molecule has 0 aliphatic carbocycles. The van der Waals surface area contributed by atoms with Crippen LogP contribution < -0.4 is 15.4 Å². The highest BCUT2D eigenvalue weighted by Crippen LogP contribution is 2.23. The van der Waals surface area contributed by atoms with Crippen molar-refractivity contribution in [1.82, 2.24) is 15.5 Å². The van der Waals surface area contributed by atoms with Gasteiger partial charge in [0, 0.05) is 11.6 Å². The van der Waals surface area contributed by atoms with E-state index in [2.05, 4.69) is 25.6 Å². The first-order valence-corrected chi connectivity index (χ1v) is 9.25. The van der Waals surface area contributed by atoms with Crippen LogP contribution in [0.1, 0.15) is 12.5 Å². The summed E-state index contributed by atoms with van der Waals surface area (Å²) in [7, 11) is 0. The molecule has 0 radical (unpaired) electrons. The minimum Gasteiger partial charge on any atom is -0.406 e. The third kappa shape index (κ3) is 6.59. The van der Waals surface area contributed by atoms with Crippen molar-refractivity contribution in [2.24, 2.45) is 0 Å². The Morgan fingerprint density at radius 3 is 2.42 bits per heavy atom. The van der Waals surface area contributed by atoms with Gasteiger partial charge in [-0.2, -0.15) is 5.10 Å². The van der Waals surface area contributed by atoms with Gasteiger partial charge in [0.2, 0.25) is 11.8 Å². The van der Waals surface area contributed by atoms with Crippen molar-refractivity contribution in [1.29, 1.82) is 0 Å². The van der Waals surface area contributed by atoms with Crippen LogP contribution >= 0.6 is 0 Å². The van der Waals surface area contributed by atoms with Gasteiger partial charge in [0.15, 0.2) is 0 Å². The zero-order valence-electron chi connectivity index (χ0n) is 16.4. The Morgan fingerprint density at radius 2 is 1.77 bits per heavy atom. The minimum atomic E-state index is -4.78. The van der Waals surface area contributed by atoms with Gasteiger partial charge in [-0.05, 0) is 24.6 Å². The van der Waals surface area contributed by atoms with Gasteiger partial charge >= 0.3 is 6.36 Å². The van der Waals surface area contributed by atoms with Crippen LogP contribution in [0.2, 0.25) is 0 Å². The smallest absolute Gasteiger partial charge is 0.406 e. The van der Waals surface area contributed by atoms with Crippen molar-refractivity contribution in [3.8, 4) is 17.0 Å². The number of nitrogens with one attached hydrogen (secondary N) is 3. The molecule has 1 atom stereocenters. The number of nitrogens with zero attached hydrogens (tertiary/aromatic N) is 1. The third-order valence-electron chi connectivity index (χ3n) is 4.20. The molecule has 1 heterocycles. The number of alkyl halides is 3. The molecule has 31 heavy (non-hydrogen) atoms. The van der Waals surface area contributed by atoms with Crippen LogP contribution in [0.4, 0.5) is 19.0 Å². The zero-order chi connectivity index (χ0) is 22.4. The molecule has 0 spiro atoms. The van der Waals surface area contributed by atoms with E-state index in [0.717, 1.165) is 17.7 Å². The standard InChI is InChI=1S/C21H19F3N4O3/c1-13(20(30)26-18-12-17(27-28-18)15-5-3-2-4-6-15)25-19(29)11-14-7-9-16(10-8-14)31-21(22,23)24/h2-10,12-13H,11H2,1H3,(H,25,29)(H2,26,27,28,30). The number of carbonyl (C=O) groups excluding carboxylic acids is 2. The number of hydrogen-bond donors (Lipinski definition) is 3. The van der Waals surface area contributed by atoms with Gasteiger partial charge in [-0.1, -0.05) is 42.5 Å². The van der Waals surface area contributed by atoms with E-state index in [9.17, 15) is 22.8 Å². The maximum atomic E-state index is 12.3. The van der Waals surface area contributed by atoms with Crippen LogP contribution in [-0.2, 0) is 16.0 Å². The number of rotatable bonds is 7. The number of carbonyl (C=O) groups is 2. The minimum absolute atomic E-state index is 0.105. The summed E-state index contributed by atoms with van der Waals surface area (Å²) in [5, 5.41) is 12.0. The van der Waals surface area contributed by atoms with E-state index < -0.39 is 24.2 Å². The fraction of sp³-hybridized carbons (Fsp3) is 0.190. The molecule has 162 valence electrons. The van der Waals surface area contributed by atoms with Crippen molar-refractivity contribution in [3.63, 3.8) is 0 Å². The summed E-state index contributed by atoms with van der Waals surface area (Å²) in [6.07, 6.45) is -4.88. The summed E-state index contributed by atoms with van der Waals surface area (Å²) >= 11 is 0. The number of aromatic nitrogens is 2. The number of aromatic amines is 1. The molecule has 0 aliphatic rings. The van der Waals surface area contributed by atoms with Crippen molar-refractivity contribution in [3.05, 3.63) is 66.2 Å². The Morgan fingerprint density at radius 1 is 1.10 bits per heavy atom. The van der Waals surface area contributed by atoms with Gasteiger partial charge in [-0.3, -0.25) is 14.7 Å². The molecule has 3 aromatic rings. The van der Waals surface area contributed by atoms with Crippen LogP contribution in [-0.4, -0.2) is 34.4 Å². The Bertz CT molecular complexity index is 1030. The van der Waals surface area contributed by atoms with Crippen LogP contribution in [0.5, 0.6) is 5.75 Å². The molecule has 0 fully saturated rings. The summed E-state index contributed by atoms with van der Waals surface area (Å²) in [6.45, 7) is 1.52. The molecule has 3 N–H and O–H groups in total. The average molecular weight is 432 g/mol. The monoisotopic (exact) mass is 432 g/mol. The first-order chi connectivity index (χ1) is 14.7. The topological polar surface area (TPSA) is 96.1 Å². The number of halogens is 3. The fourth-order valence-corrected chi connectivity index (χ4v) is 2.74. The van der Waals surface area contributed by atoms with E-state index in [-0.39, 0.29) is 12.2 Å². The lowest BCUT2D eigenvalue weighted by atomic mass is 10.1. The van der Waals surface area contributed by atoms with Gasteiger partial charge in [-0.25, -0.2) is 0 Å². The van der Waals surface area contributed by atoms with Gasteiger partial charge in [0.05, 0.1) is 12.1 Å². The van der Waals surface area contributed by atoms with Crippen molar-refractivity contribution < 1.29 is 27.5 Å². The third-order valence-corrected chi connectivity index (χ3v) is 4.20. The molecule has 10 heteroatoms. The lowest BCUT2D eigenvalue weighted by Gasteiger charge is -2.13. The highest BCUT2D eigenvalue weighted by molar-refractivity contribution is 5.96. The fourth-order valence-electron chi connectivity index (χ4n) is 2.74. The van der Waals surface area contributed by atoms with Crippen LogP contribution in [0.25, 0.3) is 11.3 Å². The van der Waals surface area contributed by atoms with E-state index in [0.29, 0.717) is 17.1 Å². The Kier molecular flexibility index (Phi) is 6.58. The number of amides is 2. The zero-order valence-corrected chi connectivity index (χ0v) is 16.4. The molecule has 7 nitrogen and oxygen atoms in total. The summed E-state index contributed by atoms with van der Waals surface area (Å²) in [6, 6.07) is 15.2. The molecule has 0 saturated heterocycles. The first-order valence-electron chi connectivity index (χ1n) is 9.25. The van der Waals surface area contributed by atoms with Gasteiger partial charge in [0.25, 0.3) is 0 Å². The van der Waals surface area contributed by atoms with E-state index in [1.54, 1.807) is 6.07 Å². The SMILES string of the molecule is CC(NC(=O)Cc1ccc(OC(F)(F)F)cc1)C(=O)Nc1cc(-c2ccccc2)n[nH]1. The quantitative estimate of drug-likeness (QED) is 0.531. The Labute approximate surface area is 175 Å². The maximum absolute atomic E-state index is 12.3. The lowest BCUT2D eigenvalue weighted by Crippen LogP contribution is -2.42. The van der Waals surface area contributed by atoms with Gasteiger partial charge < -0.3 is 15.4 Å². The van der Waals surface area contributed by atoms with Crippen LogP contribution in [0, 0.1) is 0 Å². The molecule has 2 aromatic carbocycles. The highest BCUT2D eigenvalue weighted by atomic mass is 19.4. The Balaban J connectivity index is 1.50. The van der Waals surface area contributed by atoms with E-state index >= 15 is 0 Å². The average Bonchev–Trinajstić information content (AvgIpc) is 3.17. The molecule has 1 aromatic heterocycles. The predicted molar refractivity (Wildman–Crippen MR) is 107 cm³/mol. The normalized spacial score (nSPS) is 12.1.